The van der Waals surface area contributed by atoms with E-state index in [1.807, 2.05) is 0 Å². The highest BCUT2D eigenvalue weighted by atomic mass is 14.0. The van der Waals surface area contributed by atoms with Gasteiger partial charge in [0.05, 0.1) is 0 Å². The Morgan fingerprint density at radius 2 is 1.18 bits per heavy atom. The maximum Gasteiger partial charge on any atom is 0 e. The van der Waals surface area contributed by atoms with E-state index >= 15 is 0 Å². The number of rotatable bonds is 2. The van der Waals surface area contributed by atoms with Gasteiger partial charge in [0, 0.05) is 36.7 Å². The zero-order valence-electron chi connectivity index (χ0n) is 8.04. The third-order valence-electron chi connectivity index (χ3n) is 1.56. The first-order valence-corrected chi connectivity index (χ1v) is 3.98. The summed E-state index contributed by atoms with van der Waals surface area (Å²) in [4.78, 5) is 0. The zero-order valence-corrected chi connectivity index (χ0v) is 8.04. The highest BCUT2D eigenvalue weighted by molar-refractivity contribution is 7.60. The molecule has 0 unspecified atom stereocenters. The molecule has 0 heterocycles. The van der Waals surface area contributed by atoms with Gasteiger partial charge in [-0.1, -0.05) is 27.7 Å². The van der Waals surface area contributed by atoms with Crippen LogP contribution in [0.25, 0.3) is 0 Å². The van der Waals surface area contributed by atoms with Gasteiger partial charge >= 0.3 is 0 Å². The molecule has 0 aliphatic heterocycles. The van der Waals surface area contributed by atoms with Gasteiger partial charge in [0.25, 0.3) is 0 Å². The predicted molar refractivity (Wildman–Crippen MR) is 58.4 cm³/mol. The Labute approximate surface area is 76.8 Å². The Morgan fingerprint density at radius 1 is 1.00 bits per heavy atom. The second kappa shape index (κ2) is 8.42. The molecule has 0 rings (SSSR count). The fraction of sp³-hybridized carbons (Fsp3) is 1.00. The topological polar surface area (TPSA) is 0 Å². The van der Waals surface area contributed by atoms with Crippen molar-refractivity contribution in [2.45, 2.75) is 27.7 Å². The van der Waals surface area contributed by atoms with Crippen LogP contribution in [-0.4, -0.2) is 36.7 Å². The SMILES string of the molecule is CC(C)C(C)C.[B][B]B([B])[B]. The van der Waals surface area contributed by atoms with Crippen molar-refractivity contribution in [3.05, 3.63) is 0 Å². The summed E-state index contributed by atoms with van der Waals surface area (Å²) in [7, 11) is 15.8. The largest absolute Gasteiger partial charge is 0.0625 e. The Morgan fingerprint density at radius 3 is 1.18 bits per heavy atom. The molecule has 0 saturated heterocycles. The van der Waals surface area contributed by atoms with Crippen molar-refractivity contribution in [2.24, 2.45) is 11.8 Å². The van der Waals surface area contributed by atoms with E-state index in [0.717, 1.165) is 11.8 Å². The van der Waals surface area contributed by atoms with Crippen molar-refractivity contribution < 1.29 is 0 Å². The lowest BCUT2D eigenvalue weighted by Crippen LogP contribution is -2.23. The minimum absolute atomic E-state index is 0.463. The maximum atomic E-state index is 4.89. The molecule has 0 spiro atoms. The Bertz CT molecular complexity index is 65.4. The van der Waals surface area contributed by atoms with Gasteiger partial charge in [0.15, 0.2) is 0 Å². The fourth-order valence-electron chi connectivity index (χ4n) is 0. The highest BCUT2D eigenvalue weighted by Gasteiger charge is 1.95. The quantitative estimate of drug-likeness (QED) is 0.487. The summed E-state index contributed by atoms with van der Waals surface area (Å²) in [6, 6.07) is 0. The Balaban J connectivity index is 0. The summed E-state index contributed by atoms with van der Waals surface area (Å²) >= 11 is 0. The Kier molecular flexibility index (Phi) is 10.6. The van der Waals surface area contributed by atoms with Crippen LogP contribution in [0.2, 0.25) is 0 Å². The van der Waals surface area contributed by atoms with E-state index in [1.54, 1.807) is 0 Å². The van der Waals surface area contributed by atoms with Crippen LogP contribution in [0.3, 0.4) is 0 Å². The first-order valence-electron chi connectivity index (χ1n) is 3.98. The van der Waals surface area contributed by atoms with Crippen LogP contribution in [0, 0.1) is 11.8 Å². The normalized spacial score (nSPS) is 8.91. The van der Waals surface area contributed by atoms with Crippen LogP contribution in [0.15, 0.2) is 0 Å². The lowest BCUT2D eigenvalue weighted by Gasteiger charge is -2.05. The van der Waals surface area contributed by atoms with Gasteiger partial charge in [-0.3, -0.25) is 0 Å². The second-order valence-electron chi connectivity index (χ2n) is 3.26. The van der Waals surface area contributed by atoms with Crippen molar-refractivity contribution in [3.63, 3.8) is 0 Å². The molecule has 7 radical (unpaired) electrons. The average Bonchev–Trinajstić information content (AvgIpc) is 1.89. The van der Waals surface area contributed by atoms with E-state index < -0.39 is 6.39 Å². The molecule has 0 amide bonds. The molecule has 0 aromatic carbocycles. The summed E-state index contributed by atoms with van der Waals surface area (Å²) in [5, 5.41) is 0. The molecular weight excluding hydrogens is 126 g/mol. The monoisotopic (exact) mass is 141 g/mol. The lowest BCUT2D eigenvalue weighted by atomic mass is 8.97. The number of hydrogen-bond acceptors (Lipinski definition) is 0. The summed E-state index contributed by atoms with van der Waals surface area (Å²) in [5.74, 6) is 1.70. The van der Waals surface area contributed by atoms with Gasteiger partial charge in [-0.05, 0) is 11.8 Å². The summed E-state index contributed by atoms with van der Waals surface area (Å²) in [6.45, 7) is 8.96. The van der Waals surface area contributed by atoms with Gasteiger partial charge in [-0.15, -0.1) is 0 Å². The van der Waals surface area contributed by atoms with Crippen LogP contribution in [0.5, 0.6) is 0 Å². The van der Waals surface area contributed by atoms with Crippen molar-refractivity contribution in [3.8, 4) is 0 Å². The first kappa shape index (κ1) is 13.9. The van der Waals surface area contributed by atoms with Gasteiger partial charge in [0.2, 0.25) is 0 Å². The van der Waals surface area contributed by atoms with E-state index in [9.17, 15) is 0 Å². The third-order valence-corrected chi connectivity index (χ3v) is 1.56. The van der Waals surface area contributed by atoms with Crippen LogP contribution in [-0.2, 0) is 0 Å². The maximum absolute atomic E-state index is 4.89. The zero-order chi connectivity index (χ0) is 9.44. The molecule has 0 saturated carbocycles. The molecule has 0 aliphatic rings. The van der Waals surface area contributed by atoms with Crippen LogP contribution in [0.1, 0.15) is 27.7 Å². The molecule has 0 nitrogen and oxygen atoms in total. The van der Waals surface area contributed by atoms with E-state index in [4.69, 9.17) is 23.2 Å². The average molecular weight is 140 g/mol. The van der Waals surface area contributed by atoms with Crippen LogP contribution >= 0.6 is 0 Å². The van der Waals surface area contributed by atoms with E-state index in [2.05, 4.69) is 27.7 Å². The standard InChI is InChI=1S/C6H14.B5/c1-5(2)6(3)4;1-4-5(2)3/h5-6H,1-4H3;. The second-order valence-corrected chi connectivity index (χ2v) is 3.26. The minimum atomic E-state index is -0.463. The molecule has 53 valence electrons. The van der Waals surface area contributed by atoms with E-state index in [-0.39, 0.29) is 0 Å². The van der Waals surface area contributed by atoms with E-state index in [0.29, 0.717) is 0 Å². The van der Waals surface area contributed by atoms with Crippen molar-refractivity contribution in [1.29, 1.82) is 0 Å². The first-order chi connectivity index (χ1) is 4.91. The van der Waals surface area contributed by atoms with Gasteiger partial charge in [-0.25, -0.2) is 0 Å². The van der Waals surface area contributed by atoms with Crippen molar-refractivity contribution in [1.82, 2.24) is 0 Å². The van der Waals surface area contributed by atoms with Gasteiger partial charge in [0.1, 0.15) is 0 Å². The summed E-state index contributed by atoms with van der Waals surface area (Å²) in [6.07, 6.45) is -0.463. The van der Waals surface area contributed by atoms with Crippen molar-refractivity contribution in [2.75, 3.05) is 0 Å². The highest BCUT2D eigenvalue weighted by Crippen LogP contribution is 2.05. The molecule has 0 N–H and O–H groups in total. The molecule has 0 bridgehead atoms. The molecule has 11 heavy (non-hydrogen) atoms. The smallest absolute Gasteiger partial charge is 0 e. The predicted octanol–water partition coefficient (Wildman–Crippen LogP) is 0.394. The molecule has 5 heteroatoms. The molecule has 0 aromatic heterocycles. The summed E-state index contributed by atoms with van der Waals surface area (Å²) in [5.41, 5.74) is 0. The van der Waals surface area contributed by atoms with Crippen LogP contribution < -0.4 is 0 Å². The third kappa shape index (κ3) is 17.9. The fourth-order valence-corrected chi connectivity index (χ4v) is 0. The molecule has 0 aliphatic carbocycles. The molecular formula is C6H14B5. The molecule has 0 aromatic rings. The molecule has 0 atom stereocenters. The number of hydrogen-bond donors (Lipinski definition) is 0. The minimum Gasteiger partial charge on any atom is -0.0625 e. The van der Waals surface area contributed by atoms with Gasteiger partial charge in [-0.2, -0.15) is 0 Å². The van der Waals surface area contributed by atoms with E-state index in [1.165, 1.54) is 7.06 Å². The van der Waals surface area contributed by atoms with Crippen molar-refractivity contribution >= 4 is 36.7 Å². The summed E-state index contributed by atoms with van der Waals surface area (Å²) < 4.78 is 0. The van der Waals surface area contributed by atoms with Crippen LogP contribution in [0.4, 0.5) is 0 Å². The van der Waals surface area contributed by atoms with Gasteiger partial charge < -0.3 is 0 Å². The molecule has 0 fully saturated rings. The lowest BCUT2D eigenvalue weighted by molar-refractivity contribution is 0.457. The Hall–Kier alpha value is 0.325.